The van der Waals surface area contributed by atoms with Gasteiger partial charge in [-0.05, 0) is 18.2 Å². The molecule has 0 aliphatic rings. The van der Waals surface area contributed by atoms with E-state index in [1.165, 1.54) is 0 Å². The SMILES string of the molecule is CS(=O)(=O)CCOc1ccc(Br)cc1/C(N)=N/O. The Hall–Kier alpha value is -1.28. The highest BCUT2D eigenvalue weighted by molar-refractivity contribution is 9.10. The van der Waals surface area contributed by atoms with Gasteiger partial charge in [0.1, 0.15) is 12.4 Å². The summed E-state index contributed by atoms with van der Waals surface area (Å²) in [6.45, 7) is 0.00613. The molecule has 6 nitrogen and oxygen atoms in total. The van der Waals surface area contributed by atoms with Gasteiger partial charge in [0.25, 0.3) is 0 Å². The molecule has 0 radical (unpaired) electrons. The number of nitrogens with zero attached hydrogens (tertiary/aromatic N) is 1. The summed E-state index contributed by atoms with van der Waals surface area (Å²) in [6.07, 6.45) is 1.13. The summed E-state index contributed by atoms with van der Waals surface area (Å²) in [4.78, 5) is 0. The maximum absolute atomic E-state index is 11.0. The molecule has 0 heterocycles. The number of nitrogens with two attached hydrogens (primary N) is 1. The Bertz CT molecular complexity index is 557. The van der Waals surface area contributed by atoms with Crippen molar-refractivity contribution in [3.05, 3.63) is 28.2 Å². The molecule has 3 N–H and O–H groups in total. The van der Waals surface area contributed by atoms with E-state index < -0.39 is 9.84 Å². The number of hydrogen-bond acceptors (Lipinski definition) is 5. The van der Waals surface area contributed by atoms with Gasteiger partial charge in [-0.3, -0.25) is 0 Å². The highest BCUT2D eigenvalue weighted by Gasteiger charge is 2.10. The first-order valence-corrected chi connectivity index (χ1v) is 7.77. The van der Waals surface area contributed by atoms with Crippen LogP contribution in [0.2, 0.25) is 0 Å². The second-order valence-corrected chi connectivity index (χ2v) is 6.78. The third-order valence-corrected chi connectivity index (χ3v) is 3.44. The lowest BCUT2D eigenvalue weighted by molar-refractivity contribution is 0.317. The van der Waals surface area contributed by atoms with Crippen LogP contribution in [0.15, 0.2) is 27.8 Å². The molecular weight excluding hydrogens is 324 g/mol. The predicted molar refractivity (Wildman–Crippen MR) is 71.9 cm³/mol. The first kappa shape index (κ1) is 14.8. The van der Waals surface area contributed by atoms with Crippen molar-refractivity contribution in [2.75, 3.05) is 18.6 Å². The highest BCUT2D eigenvalue weighted by atomic mass is 79.9. The lowest BCUT2D eigenvalue weighted by Crippen LogP contribution is -2.17. The van der Waals surface area contributed by atoms with Crippen molar-refractivity contribution >= 4 is 31.6 Å². The van der Waals surface area contributed by atoms with Gasteiger partial charge in [0, 0.05) is 10.7 Å². The number of halogens is 1. The molecule has 0 unspecified atom stereocenters. The minimum atomic E-state index is -3.09. The predicted octanol–water partition coefficient (Wildman–Crippen LogP) is 0.967. The average molecular weight is 337 g/mol. The minimum absolute atomic E-state index is 0.00613. The summed E-state index contributed by atoms with van der Waals surface area (Å²) >= 11 is 3.25. The Morgan fingerprint density at radius 3 is 2.78 bits per heavy atom. The largest absolute Gasteiger partial charge is 0.492 e. The molecule has 18 heavy (non-hydrogen) atoms. The molecule has 0 aliphatic carbocycles. The van der Waals surface area contributed by atoms with Crippen LogP contribution >= 0.6 is 15.9 Å². The number of rotatable bonds is 5. The quantitative estimate of drug-likeness (QED) is 0.361. The molecule has 0 saturated carbocycles. The maximum atomic E-state index is 11.0. The van der Waals surface area contributed by atoms with Crippen LogP contribution in [0.25, 0.3) is 0 Å². The van der Waals surface area contributed by atoms with Gasteiger partial charge in [-0.2, -0.15) is 0 Å². The van der Waals surface area contributed by atoms with Crippen molar-refractivity contribution in [1.29, 1.82) is 0 Å². The normalized spacial score (nSPS) is 12.4. The second-order valence-electron chi connectivity index (χ2n) is 3.60. The Balaban J connectivity index is 2.89. The molecule has 0 saturated heterocycles. The standard InChI is InChI=1S/C10H13BrN2O4S/c1-18(15,16)5-4-17-9-3-2-7(11)6-8(9)10(12)13-14/h2-3,6,14H,4-5H2,1H3,(H2,12,13). The van der Waals surface area contributed by atoms with Gasteiger partial charge in [0.15, 0.2) is 15.7 Å². The van der Waals surface area contributed by atoms with Crippen LogP contribution in [0.5, 0.6) is 5.75 Å². The molecule has 1 aromatic carbocycles. The van der Waals surface area contributed by atoms with Crippen LogP contribution in [0, 0.1) is 0 Å². The van der Waals surface area contributed by atoms with Crippen molar-refractivity contribution in [2.45, 2.75) is 0 Å². The van der Waals surface area contributed by atoms with E-state index in [4.69, 9.17) is 15.7 Å². The fraction of sp³-hybridized carbons (Fsp3) is 0.300. The van der Waals surface area contributed by atoms with Gasteiger partial charge in [0.05, 0.1) is 11.3 Å². The molecular formula is C10H13BrN2O4S. The van der Waals surface area contributed by atoms with Crippen LogP contribution in [0.1, 0.15) is 5.56 Å². The smallest absolute Gasteiger partial charge is 0.173 e. The number of oxime groups is 1. The van der Waals surface area contributed by atoms with Crippen molar-refractivity contribution in [3.8, 4) is 5.75 Å². The zero-order chi connectivity index (χ0) is 13.8. The van der Waals surface area contributed by atoms with Crippen LogP contribution in [0.4, 0.5) is 0 Å². The van der Waals surface area contributed by atoms with E-state index in [0.29, 0.717) is 11.3 Å². The van der Waals surface area contributed by atoms with Crippen molar-refractivity contribution in [1.82, 2.24) is 0 Å². The van der Waals surface area contributed by atoms with Crippen LogP contribution in [-0.2, 0) is 9.84 Å². The molecule has 1 aromatic rings. The molecule has 0 fully saturated rings. The van der Waals surface area contributed by atoms with Crippen LogP contribution < -0.4 is 10.5 Å². The van der Waals surface area contributed by atoms with Crippen LogP contribution in [0.3, 0.4) is 0 Å². The van der Waals surface area contributed by atoms with Gasteiger partial charge in [-0.25, -0.2) is 8.42 Å². The van der Waals surface area contributed by atoms with E-state index in [-0.39, 0.29) is 18.2 Å². The summed E-state index contributed by atoms with van der Waals surface area (Å²) in [7, 11) is -3.09. The van der Waals surface area contributed by atoms with Crippen molar-refractivity contribution in [3.63, 3.8) is 0 Å². The lowest BCUT2D eigenvalue weighted by atomic mass is 10.2. The summed E-state index contributed by atoms with van der Waals surface area (Å²) in [5.41, 5.74) is 5.89. The minimum Gasteiger partial charge on any atom is -0.492 e. The van der Waals surface area contributed by atoms with Gasteiger partial charge in [-0.1, -0.05) is 21.1 Å². The fourth-order valence-electron chi connectivity index (χ4n) is 1.19. The van der Waals surface area contributed by atoms with Gasteiger partial charge in [-0.15, -0.1) is 0 Å². The Morgan fingerprint density at radius 2 is 2.22 bits per heavy atom. The number of benzene rings is 1. The molecule has 0 atom stereocenters. The molecule has 1 rings (SSSR count). The summed E-state index contributed by atoms with van der Waals surface area (Å²) < 4.78 is 28.0. The van der Waals surface area contributed by atoms with E-state index in [1.807, 2.05) is 0 Å². The third-order valence-electron chi connectivity index (χ3n) is 2.04. The van der Waals surface area contributed by atoms with Gasteiger partial charge >= 0.3 is 0 Å². The molecule has 0 aliphatic heterocycles. The average Bonchev–Trinajstić information content (AvgIpc) is 2.28. The molecule has 0 aromatic heterocycles. The van der Waals surface area contributed by atoms with E-state index in [0.717, 1.165) is 10.7 Å². The van der Waals surface area contributed by atoms with Gasteiger partial charge in [0.2, 0.25) is 0 Å². The third kappa shape index (κ3) is 4.53. The van der Waals surface area contributed by atoms with Crippen molar-refractivity contribution in [2.24, 2.45) is 10.9 Å². The first-order valence-electron chi connectivity index (χ1n) is 4.91. The molecule has 0 bridgehead atoms. The summed E-state index contributed by atoms with van der Waals surface area (Å²) in [6, 6.07) is 4.94. The molecule has 0 spiro atoms. The summed E-state index contributed by atoms with van der Waals surface area (Å²) in [5, 5.41) is 11.5. The number of hydrogen-bond donors (Lipinski definition) is 2. The number of sulfone groups is 1. The Labute approximate surface area is 113 Å². The second kappa shape index (κ2) is 6.05. The van der Waals surface area contributed by atoms with E-state index in [2.05, 4.69) is 21.1 Å². The maximum Gasteiger partial charge on any atom is 0.173 e. The Morgan fingerprint density at radius 1 is 1.56 bits per heavy atom. The van der Waals surface area contributed by atoms with E-state index in [1.54, 1.807) is 18.2 Å². The summed E-state index contributed by atoms with van der Waals surface area (Å²) in [5.74, 6) is 0.154. The molecule has 0 amide bonds. The van der Waals surface area contributed by atoms with Crippen molar-refractivity contribution < 1.29 is 18.4 Å². The number of ether oxygens (including phenoxy) is 1. The topological polar surface area (TPSA) is 102 Å². The highest BCUT2D eigenvalue weighted by Crippen LogP contribution is 2.23. The molecule has 8 heteroatoms. The zero-order valence-electron chi connectivity index (χ0n) is 9.63. The molecule has 100 valence electrons. The zero-order valence-corrected chi connectivity index (χ0v) is 12.0. The monoisotopic (exact) mass is 336 g/mol. The Kier molecular flexibility index (Phi) is 4.97. The number of amidine groups is 1. The van der Waals surface area contributed by atoms with Gasteiger partial charge < -0.3 is 15.7 Å². The lowest BCUT2D eigenvalue weighted by Gasteiger charge is -2.10. The fourth-order valence-corrected chi connectivity index (χ4v) is 1.93. The first-order chi connectivity index (χ1) is 8.33. The van der Waals surface area contributed by atoms with E-state index in [9.17, 15) is 8.42 Å². The van der Waals surface area contributed by atoms with E-state index >= 15 is 0 Å². The van der Waals surface area contributed by atoms with Crippen LogP contribution in [-0.4, -0.2) is 38.1 Å².